The van der Waals surface area contributed by atoms with Gasteiger partial charge in [0.25, 0.3) is 0 Å². The third-order valence-corrected chi connectivity index (χ3v) is 4.69. The topological polar surface area (TPSA) is 77.5 Å². The molecule has 0 aliphatic rings. The molecule has 1 aromatic heterocycles. The van der Waals surface area contributed by atoms with E-state index in [1.807, 2.05) is 0 Å². The number of carbonyl (C=O) groups is 2. The van der Waals surface area contributed by atoms with Crippen molar-refractivity contribution in [1.82, 2.24) is 4.98 Å². The van der Waals surface area contributed by atoms with E-state index >= 15 is 0 Å². The molecule has 0 saturated carbocycles. The highest BCUT2D eigenvalue weighted by molar-refractivity contribution is 7.22. The number of rotatable bonds is 7. The summed E-state index contributed by atoms with van der Waals surface area (Å²) in [5.74, 6) is 0.309. The zero-order chi connectivity index (χ0) is 18.5. The van der Waals surface area contributed by atoms with Gasteiger partial charge in [0.2, 0.25) is 0 Å². The molecule has 6 nitrogen and oxygen atoms in total. The van der Waals surface area contributed by atoms with Crippen molar-refractivity contribution in [2.45, 2.75) is 6.92 Å². The molecular formula is C19H18N2O4S. The largest absolute Gasteiger partial charge is 0.497 e. The summed E-state index contributed by atoms with van der Waals surface area (Å²) in [5.41, 5.74) is 1.86. The maximum absolute atomic E-state index is 12.3. The minimum absolute atomic E-state index is 0.0425. The van der Waals surface area contributed by atoms with Crippen LogP contribution in [0.25, 0.3) is 10.2 Å². The Morgan fingerprint density at radius 2 is 1.85 bits per heavy atom. The van der Waals surface area contributed by atoms with Crippen molar-refractivity contribution < 1.29 is 19.1 Å². The van der Waals surface area contributed by atoms with Crippen molar-refractivity contribution in [2.24, 2.45) is 0 Å². The summed E-state index contributed by atoms with van der Waals surface area (Å²) in [5, 5.41) is 3.67. The molecule has 3 rings (SSSR count). The molecule has 134 valence electrons. The number of ether oxygens (including phenoxy) is 2. The third kappa shape index (κ3) is 4.00. The molecule has 0 unspecified atom stereocenters. The summed E-state index contributed by atoms with van der Waals surface area (Å²) in [6.07, 6.45) is 0. The van der Waals surface area contributed by atoms with Gasteiger partial charge in [-0.05, 0) is 49.4 Å². The van der Waals surface area contributed by atoms with Crippen LogP contribution >= 0.6 is 11.3 Å². The molecule has 0 spiro atoms. The number of methoxy groups -OCH3 is 1. The first-order valence-electron chi connectivity index (χ1n) is 8.09. The number of ketones is 1. The number of benzene rings is 2. The summed E-state index contributed by atoms with van der Waals surface area (Å²) in [4.78, 5) is 28.5. The molecule has 7 heteroatoms. The first-order chi connectivity index (χ1) is 12.6. The van der Waals surface area contributed by atoms with E-state index in [2.05, 4.69) is 10.3 Å². The van der Waals surface area contributed by atoms with E-state index in [1.54, 1.807) is 56.5 Å². The lowest BCUT2D eigenvalue weighted by atomic mass is 10.1. The molecule has 26 heavy (non-hydrogen) atoms. The van der Waals surface area contributed by atoms with Crippen molar-refractivity contribution in [1.29, 1.82) is 0 Å². The molecule has 0 atom stereocenters. The van der Waals surface area contributed by atoms with Crippen LogP contribution in [0.3, 0.4) is 0 Å². The van der Waals surface area contributed by atoms with Crippen LogP contribution in [-0.4, -0.2) is 37.0 Å². The van der Waals surface area contributed by atoms with Gasteiger partial charge in [-0.1, -0.05) is 11.3 Å². The summed E-state index contributed by atoms with van der Waals surface area (Å²) in [6, 6.07) is 12.2. The number of fused-ring (bicyclic) bond motifs is 1. The summed E-state index contributed by atoms with van der Waals surface area (Å²) in [7, 11) is 1.58. The third-order valence-electron chi connectivity index (χ3n) is 3.71. The minimum atomic E-state index is -0.355. The number of nitrogens with one attached hydrogen (secondary N) is 1. The van der Waals surface area contributed by atoms with E-state index in [4.69, 9.17) is 9.47 Å². The number of carbonyl (C=O) groups excluding carboxylic acids is 2. The van der Waals surface area contributed by atoms with Gasteiger partial charge in [0.05, 0.1) is 36.0 Å². The van der Waals surface area contributed by atoms with E-state index in [0.717, 1.165) is 10.2 Å². The Labute approximate surface area is 154 Å². The number of Topliss-reactive ketones (excluding diaryl/α,β-unsaturated/α-hetero) is 1. The fourth-order valence-electron chi connectivity index (χ4n) is 2.38. The normalized spacial score (nSPS) is 10.5. The van der Waals surface area contributed by atoms with Crippen molar-refractivity contribution in [3.8, 4) is 5.75 Å². The highest BCUT2D eigenvalue weighted by Gasteiger charge is 2.11. The number of thiazole rings is 1. The average Bonchev–Trinajstić information content (AvgIpc) is 3.08. The van der Waals surface area contributed by atoms with Crippen LogP contribution in [0.4, 0.5) is 5.13 Å². The SMILES string of the molecule is CCOC(=O)c1ccc2nc(NCC(=O)c3ccc(OC)cc3)sc2c1. The Bertz CT molecular complexity index is 934. The van der Waals surface area contributed by atoms with Gasteiger partial charge in [-0.3, -0.25) is 4.79 Å². The van der Waals surface area contributed by atoms with Crippen LogP contribution in [0.15, 0.2) is 42.5 Å². The molecule has 3 aromatic rings. The number of esters is 1. The van der Waals surface area contributed by atoms with E-state index in [1.165, 1.54) is 11.3 Å². The van der Waals surface area contributed by atoms with Crippen LogP contribution in [0.1, 0.15) is 27.6 Å². The Hall–Kier alpha value is -2.93. The second-order valence-corrected chi connectivity index (χ2v) is 6.46. The lowest BCUT2D eigenvalue weighted by Gasteiger charge is -2.03. The molecule has 0 aliphatic carbocycles. The van der Waals surface area contributed by atoms with E-state index in [0.29, 0.717) is 28.6 Å². The second kappa shape index (κ2) is 7.97. The number of anilines is 1. The molecule has 0 fully saturated rings. The fraction of sp³-hybridized carbons (Fsp3) is 0.211. The lowest BCUT2D eigenvalue weighted by molar-refractivity contribution is 0.0526. The van der Waals surface area contributed by atoms with Gasteiger partial charge in [0.15, 0.2) is 10.9 Å². The summed E-state index contributed by atoms with van der Waals surface area (Å²) < 4.78 is 10.9. The smallest absolute Gasteiger partial charge is 0.338 e. The standard InChI is InChI=1S/C19H18N2O4S/c1-3-25-18(23)13-6-9-15-17(10-13)26-19(21-15)20-11-16(22)12-4-7-14(24-2)8-5-12/h4-10H,3,11H2,1-2H3,(H,20,21). The van der Waals surface area contributed by atoms with Gasteiger partial charge < -0.3 is 14.8 Å². The zero-order valence-electron chi connectivity index (χ0n) is 14.4. The maximum Gasteiger partial charge on any atom is 0.338 e. The molecule has 0 bridgehead atoms. The van der Waals surface area contributed by atoms with Crippen LogP contribution in [0.5, 0.6) is 5.75 Å². The first kappa shape index (κ1) is 17.9. The molecule has 2 aromatic carbocycles. The Kier molecular flexibility index (Phi) is 5.48. The molecular weight excluding hydrogens is 352 g/mol. The highest BCUT2D eigenvalue weighted by atomic mass is 32.1. The lowest BCUT2D eigenvalue weighted by Crippen LogP contribution is -2.13. The monoisotopic (exact) mass is 370 g/mol. The van der Waals surface area contributed by atoms with Crippen molar-refractivity contribution in [3.63, 3.8) is 0 Å². The van der Waals surface area contributed by atoms with Crippen LogP contribution in [0.2, 0.25) is 0 Å². The summed E-state index contributed by atoms with van der Waals surface area (Å²) >= 11 is 1.39. The predicted molar refractivity (Wildman–Crippen MR) is 101 cm³/mol. The quantitative estimate of drug-likeness (QED) is 0.504. The average molecular weight is 370 g/mol. The van der Waals surface area contributed by atoms with Crippen LogP contribution in [-0.2, 0) is 4.74 Å². The molecule has 0 aliphatic heterocycles. The number of aromatic nitrogens is 1. The van der Waals surface area contributed by atoms with Crippen LogP contribution in [0, 0.1) is 0 Å². The minimum Gasteiger partial charge on any atom is -0.497 e. The molecule has 0 radical (unpaired) electrons. The van der Waals surface area contributed by atoms with Gasteiger partial charge in [-0.2, -0.15) is 0 Å². The number of nitrogens with zero attached hydrogens (tertiary/aromatic N) is 1. The van der Waals surface area contributed by atoms with Gasteiger partial charge in [-0.25, -0.2) is 9.78 Å². The van der Waals surface area contributed by atoms with Gasteiger partial charge in [0.1, 0.15) is 5.75 Å². The fourth-order valence-corrected chi connectivity index (χ4v) is 3.28. The molecule has 1 heterocycles. The first-order valence-corrected chi connectivity index (χ1v) is 8.91. The van der Waals surface area contributed by atoms with Gasteiger partial charge in [-0.15, -0.1) is 0 Å². The zero-order valence-corrected chi connectivity index (χ0v) is 15.3. The van der Waals surface area contributed by atoms with Crippen molar-refractivity contribution in [3.05, 3.63) is 53.6 Å². The van der Waals surface area contributed by atoms with E-state index < -0.39 is 0 Å². The molecule has 0 amide bonds. The van der Waals surface area contributed by atoms with Gasteiger partial charge in [0, 0.05) is 5.56 Å². The number of hydrogen-bond acceptors (Lipinski definition) is 7. The summed E-state index contributed by atoms with van der Waals surface area (Å²) in [6.45, 7) is 2.24. The van der Waals surface area contributed by atoms with Crippen molar-refractivity contribution >= 4 is 38.4 Å². The van der Waals surface area contributed by atoms with Crippen LogP contribution < -0.4 is 10.1 Å². The highest BCUT2D eigenvalue weighted by Crippen LogP contribution is 2.27. The Morgan fingerprint density at radius 3 is 2.54 bits per heavy atom. The molecule has 0 saturated heterocycles. The number of hydrogen-bond donors (Lipinski definition) is 1. The van der Waals surface area contributed by atoms with E-state index in [-0.39, 0.29) is 18.3 Å². The van der Waals surface area contributed by atoms with Crippen molar-refractivity contribution in [2.75, 3.05) is 25.6 Å². The van der Waals surface area contributed by atoms with Gasteiger partial charge >= 0.3 is 5.97 Å². The van der Waals surface area contributed by atoms with E-state index in [9.17, 15) is 9.59 Å². The Balaban J connectivity index is 1.68. The second-order valence-electron chi connectivity index (χ2n) is 5.43. The maximum atomic E-state index is 12.3. The Morgan fingerprint density at radius 1 is 1.12 bits per heavy atom. The molecule has 1 N–H and O–H groups in total. The predicted octanol–water partition coefficient (Wildman–Crippen LogP) is 3.78.